The fourth-order valence-corrected chi connectivity index (χ4v) is 2.21. The maximum Gasteiger partial charge on any atom is 0.295 e. The Hall–Kier alpha value is -3.02. The van der Waals surface area contributed by atoms with Crippen molar-refractivity contribution in [1.29, 1.82) is 0 Å². The molecular formula is C15H11N3O3. The SMILES string of the molecule is O=c1c2cccc([N+](=O)[O-])c2ncn1Cc1ccccc1. The van der Waals surface area contributed by atoms with Crippen molar-refractivity contribution >= 4 is 16.6 Å². The summed E-state index contributed by atoms with van der Waals surface area (Å²) in [6.45, 7) is 0.380. The highest BCUT2D eigenvalue weighted by molar-refractivity contribution is 5.85. The molecule has 0 N–H and O–H groups in total. The van der Waals surface area contributed by atoms with Gasteiger partial charge in [-0.15, -0.1) is 0 Å². The molecule has 1 heterocycles. The highest BCUT2D eigenvalue weighted by atomic mass is 16.6. The molecule has 0 spiro atoms. The van der Waals surface area contributed by atoms with Crippen LogP contribution in [-0.2, 0) is 6.54 Å². The molecule has 0 saturated carbocycles. The molecule has 6 heteroatoms. The van der Waals surface area contributed by atoms with Crippen molar-refractivity contribution in [2.24, 2.45) is 0 Å². The van der Waals surface area contributed by atoms with E-state index in [0.717, 1.165) is 5.56 Å². The minimum atomic E-state index is -0.531. The van der Waals surface area contributed by atoms with E-state index in [9.17, 15) is 14.9 Å². The predicted octanol–water partition coefficient (Wildman–Crippen LogP) is 2.35. The lowest BCUT2D eigenvalue weighted by atomic mass is 10.2. The Morgan fingerprint density at radius 3 is 2.57 bits per heavy atom. The van der Waals surface area contributed by atoms with Crippen molar-refractivity contribution in [1.82, 2.24) is 9.55 Å². The Labute approximate surface area is 119 Å². The van der Waals surface area contributed by atoms with E-state index in [1.54, 1.807) is 6.07 Å². The molecule has 1 aromatic heterocycles. The summed E-state index contributed by atoms with van der Waals surface area (Å²) < 4.78 is 1.45. The number of hydrogen-bond donors (Lipinski definition) is 0. The van der Waals surface area contributed by atoms with Crippen LogP contribution in [0.4, 0.5) is 5.69 Å². The molecule has 6 nitrogen and oxygen atoms in total. The van der Waals surface area contributed by atoms with Crippen LogP contribution in [-0.4, -0.2) is 14.5 Å². The number of aromatic nitrogens is 2. The smallest absolute Gasteiger partial charge is 0.294 e. The van der Waals surface area contributed by atoms with Crippen LogP contribution in [0.2, 0.25) is 0 Å². The van der Waals surface area contributed by atoms with Crippen LogP contribution >= 0.6 is 0 Å². The van der Waals surface area contributed by atoms with Crippen LogP contribution in [0.3, 0.4) is 0 Å². The van der Waals surface area contributed by atoms with Gasteiger partial charge in [0.2, 0.25) is 0 Å². The number of rotatable bonds is 3. The van der Waals surface area contributed by atoms with Crippen LogP contribution < -0.4 is 5.56 Å². The predicted molar refractivity (Wildman–Crippen MR) is 78.2 cm³/mol. The monoisotopic (exact) mass is 281 g/mol. The maximum absolute atomic E-state index is 12.4. The normalized spacial score (nSPS) is 10.7. The maximum atomic E-state index is 12.4. The molecular weight excluding hydrogens is 270 g/mol. The summed E-state index contributed by atoms with van der Waals surface area (Å²) in [6, 6.07) is 13.9. The molecule has 0 aliphatic heterocycles. The zero-order valence-electron chi connectivity index (χ0n) is 11.0. The standard InChI is InChI=1S/C15H11N3O3/c19-15-12-7-4-8-13(18(20)21)14(12)16-10-17(15)9-11-5-2-1-3-6-11/h1-8,10H,9H2. The second-order valence-electron chi connectivity index (χ2n) is 4.59. The van der Waals surface area contributed by atoms with E-state index in [4.69, 9.17) is 0 Å². The number of para-hydroxylation sites is 1. The first kappa shape index (κ1) is 13.0. The molecule has 0 saturated heterocycles. The van der Waals surface area contributed by atoms with E-state index in [0.29, 0.717) is 6.54 Å². The number of nitro groups is 1. The van der Waals surface area contributed by atoms with E-state index in [1.165, 1.54) is 23.0 Å². The molecule has 0 amide bonds. The highest BCUT2D eigenvalue weighted by Crippen LogP contribution is 2.20. The van der Waals surface area contributed by atoms with E-state index in [1.807, 2.05) is 30.3 Å². The summed E-state index contributed by atoms with van der Waals surface area (Å²) in [5, 5.41) is 11.2. The van der Waals surface area contributed by atoms with Gasteiger partial charge in [0.05, 0.1) is 23.2 Å². The first-order valence-corrected chi connectivity index (χ1v) is 6.33. The highest BCUT2D eigenvalue weighted by Gasteiger charge is 2.15. The largest absolute Gasteiger partial charge is 0.295 e. The zero-order valence-corrected chi connectivity index (χ0v) is 11.0. The minimum Gasteiger partial charge on any atom is -0.294 e. The summed E-state index contributed by atoms with van der Waals surface area (Å²) in [4.78, 5) is 26.9. The quantitative estimate of drug-likeness (QED) is 0.545. The van der Waals surface area contributed by atoms with Gasteiger partial charge >= 0.3 is 0 Å². The second kappa shape index (κ2) is 5.16. The van der Waals surface area contributed by atoms with Gasteiger partial charge in [-0.3, -0.25) is 19.5 Å². The van der Waals surface area contributed by atoms with Crippen molar-refractivity contribution in [2.45, 2.75) is 6.54 Å². The summed E-state index contributed by atoms with van der Waals surface area (Å²) in [7, 11) is 0. The van der Waals surface area contributed by atoms with Crippen molar-refractivity contribution in [3.63, 3.8) is 0 Å². The Balaban J connectivity index is 2.13. The van der Waals surface area contributed by atoms with Gasteiger partial charge in [0.25, 0.3) is 11.2 Å². The third-order valence-electron chi connectivity index (χ3n) is 3.22. The Morgan fingerprint density at radius 2 is 1.86 bits per heavy atom. The third-order valence-corrected chi connectivity index (χ3v) is 3.22. The molecule has 0 fully saturated rings. The van der Waals surface area contributed by atoms with Crippen molar-refractivity contribution in [3.8, 4) is 0 Å². The number of non-ortho nitro benzene ring substituents is 1. The molecule has 104 valence electrons. The van der Waals surface area contributed by atoms with E-state index < -0.39 is 4.92 Å². The molecule has 0 aliphatic carbocycles. The molecule has 3 aromatic rings. The van der Waals surface area contributed by atoms with Crippen LogP contribution in [0, 0.1) is 10.1 Å². The topological polar surface area (TPSA) is 78.0 Å². The molecule has 0 radical (unpaired) electrons. The first-order valence-electron chi connectivity index (χ1n) is 6.33. The fourth-order valence-electron chi connectivity index (χ4n) is 2.21. The summed E-state index contributed by atoms with van der Waals surface area (Å²) in [5.41, 5.74) is 0.645. The van der Waals surface area contributed by atoms with E-state index >= 15 is 0 Å². The van der Waals surface area contributed by atoms with Gasteiger partial charge < -0.3 is 0 Å². The van der Waals surface area contributed by atoms with Crippen molar-refractivity contribution in [2.75, 3.05) is 0 Å². The minimum absolute atomic E-state index is 0.122. The summed E-state index contributed by atoms with van der Waals surface area (Å²) in [6.07, 6.45) is 1.35. The Bertz CT molecular complexity index is 872. The molecule has 3 rings (SSSR count). The van der Waals surface area contributed by atoms with E-state index in [2.05, 4.69) is 4.98 Å². The number of hydrogen-bond acceptors (Lipinski definition) is 4. The van der Waals surface area contributed by atoms with Crippen LogP contribution in [0.5, 0.6) is 0 Å². The molecule has 0 atom stereocenters. The van der Waals surface area contributed by atoms with Crippen molar-refractivity contribution < 1.29 is 4.92 Å². The molecule has 0 bridgehead atoms. The van der Waals surface area contributed by atoms with Crippen LogP contribution in [0.1, 0.15) is 5.56 Å². The van der Waals surface area contributed by atoms with Crippen molar-refractivity contribution in [3.05, 3.63) is 80.9 Å². The average Bonchev–Trinajstić information content (AvgIpc) is 2.50. The molecule has 2 aromatic carbocycles. The van der Waals surface area contributed by atoms with Crippen LogP contribution in [0.15, 0.2) is 59.7 Å². The van der Waals surface area contributed by atoms with Gasteiger partial charge in [0.1, 0.15) is 0 Å². The summed E-state index contributed by atoms with van der Waals surface area (Å²) in [5.74, 6) is 0. The second-order valence-corrected chi connectivity index (χ2v) is 4.59. The van der Waals surface area contributed by atoms with E-state index in [-0.39, 0.29) is 22.1 Å². The Kier molecular flexibility index (Phi) is 3.19. The van der Waals surface area contributed by atoms with Gasteiger partial charge in [-0.05, 0) is 11.6 Å². The van der Waals surface area contributed by atoms with Gasteiger partial charge in [0, 0.05) is 6.07 Å². The van der Waals surface area contributed by atoms with Gasteiger partial charge in [-0.25, -0.2) is 4.98 Å². The lowest BCUT2D eigenvalue weighted by Gasteiger charge is -2.06. The van der Waals surface area contributed by atoms with Gasteiger partial charge in [-0.1, -0.05) is 36.4 Å². The fraction of sp³-hybridized carbons (Fsp3) is 0.0667. The third kappa shape index (κ3) is 2.38. The number of nitrogens with zero attached hydrogens (tertiary/aromatic N) is 3. The lowest BCUT2D eigenvalue weighted by Crippen LogP contribution is -2.21. The lowest BCUT2D eigenvalue weighted by molar-refractivity contribution is -0.383. The molecule has 0 aliphatic rings. The first-order chi connectivity index (χ1) is 10.2. The molecule has 0 unspecified atom stereocenters. The average molecular weight is 281 g/mol. The Morgan fingerprint density at radius 1 is 1.10 bits per heavy atom. The van der Waals surface area contributed by atoms with Gasteiger partial charge in [-0.2, -0.15) is 0 Å². The van der Waals surface area contributed by atoms with Crippen LogP contribution in [0.25, 0.3) is 10.9 Å². The number of nitro benzene ring substituents is 1. The van der Waals surface area contributed by atoms with Gasteiger partial charge in [0.15, 0.2) is 5.52 Å². The zero-order chi connectivity index (χ0) is 14.8. The molecule has 21 heavy (non-hydrogen) atoms. The summed E-state index contributed by atoms with van der Waals surface area (Å²) >= 11 is 0. The number of fused-ring (bicyclic) bond motifs is 1. The number of benzene rings is 2.